The molecule has 4 atom stereocenters. The van der Waals surface area contributed by atoms with Gasteiger partial charge in [0.2, 0.25) is 0 Å². The standard InChI is InChI=1S/C7H10O2/c8-5-3-1-7(3)2-4(7)6(5)9/h3-6,8-9H,1-2H2. The normalized spacial score (nSPS) is 75.3. The Morgan fingerprint density at radius 2 is 1.44 bits per heavy atom. The molecule has 2 N–H and O–H groups in total. The molecule has 0 aromatic heterocycles. The van der Waals surface area contributed by atoms with Crippen LogP contribution in [0.25, 0.3) is 0 Å². The molecule has 3 aliphatic rings. The van der Waals surface area contributed by atoms with Crippen LogP contribution in [-0.2, 0) is 0 Å². The zero-order valence-corrected chi connectivity index (χ0v) is 5.12. The van der Waals surface area contributed by atoms with E-state index in [1.807, 2.05) is 0 Å². The Morgan fingerprint density at radius 1 is 1.00 bits per heavy atom. The van der Waals surface area contributed by atoms with E-state index in [0.29, 0.717) is 17.3 Å². The highest BCUT2D eigenvalue weighted by atomic mass is 16.3. The molecule has 0 aromatic rings. The minimum absolute atomic E-state index is 0.372. The molecule has 2 heteroatoms. The highest BCUT2D eigenvalue weighted by Gasteiger charge is 2.80. The summed E-state index contributed by atoms with van der Waals surface area (Å²) >= 11 is 0. The molecule has 0 bridgehead atoms. The van der Waals surface area contributed by atoms with Crippen molar-refractivity contribution in [3.63, 3.8) is 0 Å². The summed E-state index contributed by atoms with van der Waals surface area (Å²) in [5, 5.41) is 18.5. The lowest BCUT2D eigenvalue weighted by Gasteiger charge is -2.11. The van der Waals surface area contributed by atoms with Gasteiger partial charge in [-0.2, -0.15) is 0 Å². The molecule has 0 heterocycles. The summed E-state index contributed by atoms with van der Waals surface area (Å²) in [5.74, 6) is 0.968. The SMILES string of the molecule is OC1C(O)C2CC23CC13. The van der Waals surface area contributed by atoms with Gasteiger partial charge in [-0.15, -0.1) is 0 Å². The van der Waals surface area contributed by atoms with Crippen LogP contribution in [0.3, 0.4) is 0 Å². The van der Waals surface area contributed by atoms with Gasteiger partial charge in [-0.05, 0) is 30.1 Å². The van der Waals surface area contributed by atoms with Crippen LogP contribution in [-0.4, -0.2) is 22.4 Å². The second-order valence-corrected chi connectivity index (χ2v) is 3.84. The van der Waals surface area contributed by atoms with Gasteiger partial charge >= 0.3 is 0 Å². The van der Waals surface area contributed by atoms with Gasteiger partial charge in [0, 0.05) is 0 Å². The van der Waals surface area contributed by atoms with Crippen molar-refractivity contribution in [3.05, 3.63) is 0 Å². The van der Waals surface area contributed by atoms with Crippen molar-refractivity contribution in [2.75, 3.05) is 0 Å². The fourth-order valence-electron chi connectivity index (χ4n) is 2.76. The molecule has 50 valence electrons. The van der Waals surface area contributed by atoms with Crippen LogP contribution in [0.1, 0.15) is 12.8 Å². The number of hydrogen-bond donors (Lipinski definition) is 2. The Bertz CT molecular complexity index is 154. The minimum Gasteiger partial charge on any atom is -0.390 e. The van der Waals surface area contributed by atoms with Crippen molar-refractivity contribution in [1.29, 1.82) is 0 Å². The van der Waals surface area contributed by atoms with Crippen LogP contribution in [0.15, 0.2) is 0 Å². The molecule has 3 aliphatic carbocycles. The second kappa shape index (κ2) is 0.956. The van der Waals surface area contributed by atoms with E-state index in [9.17, 15) is 10.2 Å². The second-order valence-electron chi connectivity index (χ2n) is 3.84. The Morgan fingerprint density at radius 3 is 1.67 bits per heavy atom. The van der Waals surface area contributed by atoms with E-state index in [-0.39, 0.29) is 12.2 Å². The third-order valence-corrected chi connectivity index (χ3v) is 3.53. The maximum atomic E-state index is 9.25. The number of aliphatic hydroxyl groups is 2. The zero-order valence-electron chi connectivity index (χ0n) is 5.12. The molecular weight excluding hydrogens is 116 g/mol. The Hall–Kier alpha value is -0.0800. The van der Waals surface area contributed by atoms with Crippen LogP contribution in [0, 0.1) is 17.3 Å². The van der Waals surface area contributed by atoms with Crippen LogP contribution in [0.5, 0.6) is 0 Å². The predicted octanol–water partition coefficient (Wildman–Crippen LogP) is -0.252. The van der Waals surface area contributed by atoms with Crippen molar-refractivity contribution >= 4 is 0 Å². The molecular formula is C7H10O2. The maximum Gasteiger partial charge on any atom is 0.0835 e. The van der Waals surface area contributed by atoms with Gasteiger partial charge in [-0.3, -0.25) is 0 Å². The lowest BCUT2D eigenvalue weighted by molar-refractivity contribution is 0.00981. The summed E-state index contributed by atoms with van der Waals surface area (Å²) in [6, 6.07) is 0. The van der Waals surface area contributed by atoms with Crippen molar-refractivity contribution in [3.8, 4) is 0 Å². The van der Waals surface area contributed by atoms with Crippen LogP contribution >= 0.6 is 0 Å². The van der Waals surface area contributed by atoms with Crippen molar-refractivity contribution in [2.45, 2.75) is 25.0 Å². The first-order chi connectivity index (χ1) is 4.26. The van der Waals surface area contributed by atoms with Gasteiger partial charge in [-0.25, -0.2) is 0 Å². The molecule has 0 radical (unpaired) electrons. The Labute approximate surface area is 53.5 Å². The molecule has 4 unspecified atom stereocenters. The average Bonchev–Trinajstić information content (AvgIpc) is 2.66. The molecule has 9 heavy (non-hydrogen) atoms. The van der Waals surface area contributed by atoms with E-state index in [0.717, 1.165) is 0 Å². The Kier molecular flexibility index (Phi) is 0.498. The van der Waals surface area contributed by atoms with Crippen molar-refractivity contribution in [1.82, 2.24) is 0 Å². The van der Waals surface area contributed by atoms with Crippen LogP contribution < -0.4 is 0 Å². The third kappa shape index (κ3) is 0.310. The number of hydrogen-bond acceptors (Lipinski definition) is 2. The summed E-state index contributed by atoms with van der Waals surface area (Å²) in [5.41, 5.74) is 0.471. The molecule has 3 fully saturated rings. The van der Waals surface area contributed by atoms with E-state index < -0.39 is 0 Å². The van der Waals surface area contributed by atoms with Gasteiger partial charge in [0.05, 0.1) is 12.2 Å². The topological polar surface area (TPSA) is 40.5 Å². The smallest absolute Gasteiger partial charge is 0.0835 e. The van der Waals surface area contributed by atoms with E-state index >= 15 is 0 Å². The third-order valence-electron chi connectivity index (χ3n) is 3.53. The van der Waals surface area contributed by atoms with Gasteiger partial charge in [0.15, 0.2) is 0 Å². The molecule has 3 rings (SSSR count). The molecule has 2 nitrogen and oxygen atoms in total. The molecule has 0 saturated heterocycles. The fourth-order valence-corrected chi connectivity index (χ4v) is 2.76. The van der Waals surface area contributed by atoms with Crippen LogP contribution in [0.4, 0.5) is 0 Å². The Balaban J connectivity index is 2.00. The summed E-state index contributed by atoms with van der Waals surface area (Å²) < 4.78 is 0. The maximum absolute atomic E-state index is 9.25. The minimum atomic E-state index is -0.372. The molecule has 3 saturated carbocycles. The van der Waals surface area contributed by atoms with E-state index in [1.54, 1.807) is 0 Å². The highest BCUT2D eigenvalue weighted by Crippen LogP contribution is 2.81. The largest absolute Gasteiger partial charge is 0.390 e. The molecule has 0 amide bonds. The zero-order chi connectivity index (χ0) is 6.22. The molecule has 1 spiro atoms. The summed E-state index contributed by atoms with van der Waals surface area (Å²) in [6.07, 6.45) is 1.64. The lowest BCUT2D eigenvalue weighted by Crippen LogP contribution is -2.26. The first-order valence-corrected chi connectivity index (χ1v) is 3.62. The van der Waals surface area contributed by atoms with E-state index in [4.69, 9.17) is 0 Å². The quantitative estimate of drug-likeness (QED) is 0.470. The number of aliphatic hydroxyl groups excluding tert-OH is 2. The average molecular weight is 126 g/mol. The van der Waals surface area contributed by atoms with Crippen molar-refractivity contribution in [2.24, 2.45) is 17.3 Å². The highest BCUT2D eigenvalue weighted by molar-refractivity contribution is 5.29. The molecule has 0 aromatic carbocycles. The first kappa shape index (κ1) is 4.69. The van der Waals surface area contributed by atoms with Gasteiger partial charge < -0.3 is 10.2 Å². The van der Waals surface area contributed by atoms with E-state index in [2.05, 4.69) is 0 Å². The van der Waals surface area contributed by atoms with Crippen molar-refractivity contribution < 1.29 is 10.2 Å². The first-order valence-electron chi connectivity index (χ1n) is 3.62. The predicted molar refractivity (Wildman–Crippen MR) is 30.7 cm³/mol. The summed E-state index contributed by atoms with van der Waals surface area (Å²) in [4.78, 5) is 0. The summed E-state index contributed by atoms with van der Waals surface area (Å²) in [7, 11) is 0. The fraction of sp³-hybridized carbons (Fsp3) is 1.00. The monoisotopic (exact) mass is 126 g/mol. The van der Waals surface area contributed by atoms with Gasteiger partial charge in [0.1, 0.15) is 0 Å². The van der Waals surface area contributed by atoms with Gasteiger partial charge in [0.25, 0.3) is 0 Å². The molecule has 0 aliphatic heterocycles. The van der Waals surface area contributed by atoms with Gasteiger partial charge in [-0.1, -0.05) is 0 Å². The van der Waals surface area contributed by atoms with Crippen LogP contribution in [0.2, 0.25) is 0 Å². The number of rotatable bonds is 0. The summed E-state index contributed by atoms with van der Waals surface area (Å²) in [6.45, 7) is 0. The van der Waals surface area contributed by atoms with E-state index in [1.165, 1.54) is 12.8 Å². The lowest BCUT2D eigenvalue weighted by atomic mass is 10.1.